The van der Waals surface area contributed by atoms with Gasteiger partial charge in [-0.15, -0.1) is 0 Å². The van der Waals surface area contributed by atoms with Gasteiger partial charge < -0.3 is 19.5 Å². The number of sulfonamides is 1. The molecule has 1 unspecified atom stereocenters. The van der Waals surface area contributed by atoms with Crippen molar-refractivity contribution in [1.82, 2.24) is 9.62 Å². The number of hydrogen-bond donors (Lipinski definition) is 1. The summed E-state index contributed by atoms with van der Waals surface area (Å²) in [6.07, 6.45) is 4.38. The molecule has 0 heterocycles. The van der Waals surface area contributed by atoms with Gasteiger partial charge in [0, 0.05) is 17.7 Å². The van der Waals surface area contributed by atoms with Crippen molar-refractivity contribution in [2.75, 3.05) is 27.9 Å². The van der Waals surface area contributed by atoms with Crippen molar-refractivity contribution in [3.63, 3.8) is 0 Å². The summed E-state index contributed by atoms with van der Waals surface area (Å²) in [5, 5.41) is 2.94. The molecule has 1 atom stereocenters. The van der Waals surface area contributed by atoms with Crippen LogP contribution in [0, 0.1) is 0 Å². The van der Waals surface area contributed by atoms with Gasteiger partial charge in [-0.3, -0.25) is 4.79 Å². The Bertz CT molecular complexity index is 1080. The summed E-state index contributed by atoms with van der Waals surface area (Å²) in [7, 11) is 0.575. The first-order valence-electron chi connectivity index (χ1n) is 11.5. The SMILES string of the molecule is COc1ccc(S(=O)(=O)N(CC(=O)NC(C)c2ccccc2OC)C2CCCCC2)cc1OC. The highest BCUT2D eigenvalue weighted by Gasteiger charge is 2.35. The minimum atomic E-state index is -3.95. The summed E-state index contributed by atoms with van der Waals surface area (Å²) in [6, 6.07) is 11.3. The average molecular weight is 491 g/mol. The summed E-state index contributed by atoms with van der Waals surface area (Å²) >= 11 is 0. The van der Waals surface area contributed by atoms with Crippen molar-refractivity contribution in [3.05, 3.63) is 48.0 Å². The van der Waals surface area contributed by atoms with Gasteiger partial charge in [0.2, 0.25) is 15.9 Å². The van der Waals surface area contributed by atoms with Crippen LogP contribution in [0.25, 0.3) is 0 Å². The lowest BCUT2D eigenvalue weighted by Crippen LogP contribution is -2.47. The number of benzene rings is 2. The van der Waals surface area contributed by atoms with Crippen LogP contribution >= 0.6 is 0 Å². The van der Waals surface area contributed by atoms with Gasteiger partial charge in [-0.2, -0.15) is 4.31 Å². The zero-order valence-electron chi connectivity index (χ0n) is 20.2. The van der Waals surface area contributed by atoms with E-state index in [-0.39, 0.29) is 29.4 Å². The van der Waals surface area contributed by atoms with Crippen molar-refractivity contribution >= 4 is 15.9 Å². The standard InChI is InChI=1S/C25H34N2O6S/c1-18(21-12-8-9-13-22(21)31-2)26-25(28)17-27(19-10-6-5-7-11-19)34(29,30)20-14-15-23(32-3)24(16-20)33-4/h8-9,12-16,18-19H,5-7,10-11,17H2,1-4H3,(H,26,28). The zero-order valence-corrected chi connectivity index (χ0v) is 21.1. The molecule has 0 aliphatic heterocycles. The molecule has 8 nitrogen and oxygen atoms in total. The van der Waals surface area contributed by atoms with Crippen LogP contribution in [0.2, 0.25) is 0 Å². The molecule has 2 aromatic rings. The molecule has 3 rings (SSSR count). The number of carbonyl (C=O) groups excluding carboxylic acids is 1. The second-order valence-corrected chi connectivity index (χ2v) is 10.3. The topological polar surface area (TPSA) is 94.2 Å². The van der Waals surface area contributed by atoms with Crippen LogP contribution < -0.4 is 19.5 Å². The first kappa shape index (κ1) is 25.8. The second kappa shape index (κ2) is 11.6. The molecule has 0 spiro atoms. The second-order valence-electron chi connectivity index (χ2n) is 8.39. The number of methoxy groups -OCH3 is 3. The molecule has 1 N–H and O–H groups in total. The Kier molecular flexibility index (Phi) is 8.79. The van der Waals surface area contributed by atoms with E-state index in [0.29, 0.717) is 17.2 Å². The van der Waals surface area contributed by atoms with E-state index < -0.39 is 10.0 Å². The third-order valence-electron chi connectivity index (χ3n) is 6.23. The van der Waals surface area contributed by atoms with Gasteiger partial charge in [0.1, 0.15) is 5.75 Å². The number of rotatable bonds is 10. The van der Waals surface area contributed by atoms with Crippen molar-refractivity contribution in [2.24, 2.45) is 0 Å². The Morgan fingerprint density at radius 1 is 0.971 bits per heavy atom. The Morgan fingerprint density at radius 2 is 1.62 bits per heavy atom. The highest BCUT2D eigenvalue weighted by molar-refractivity contribution is 7.89. The van der Waals surface area contributed by atoms with Crippen molar-refractivity contribution in [1.29, 1.82) is 0 Å². The van der Waals surface area contributed by atoms with Gasteiger partial charge in [0.25, 0.3) is 0 Å². The monoisotopic (exact) mass is 490 g/mol. The lowest BCUT2D eigenvalue weighted by Gasteiger charge is -2.33. The number of para-hydroxylation sites is 1. The van der Waals surface area contributed by atoms with Crippen molar-refractivity contribution in [3.8, 4) is 17.2 Å². The molecular weight excluding hydrogens is 456 g/mol. The maximum Gasteiger partial charge on any atom is 0.243 e. The maximum atomic E-state index is 13.7. The first-order valence-corrected chi connectivity index (χ1v) is 12.9. The molecule has 1 fully saturated rings. The number of nitrogens with one attached hydrogen (secondary N) is 1. The van der Waals surface area contributed by atoms with Crippen LogP contribution in [0.5, 0.6) is 17.2 Å². The van der Waals surface area contributed by atoms with Crippen LogP contribution in [-0.2, 0) is 14.8 Å². The van der Waals surface area contributed by atoms with E-state index in [2.05, 4.69) is 5.32 Å². The van der Waals surface area contributed by atoms with E-state index in [1.165, 1.54) is 30.7 Å². The van der Waals surface area contributed by atoms with Gasteiger partial charge in [-0.25, -0.2) is 8.42 Å². The molecule has 1 saturated carbocycles. The summed E-state index contributed by atoms with van der Waals surface area (Å²) in [6.45, 7) is 1.59. The predicted molar refractivity (Wildman–Crippen MR) is 130 cm³/mol. The van der Waals surface area contributed by atoms with E-state index in [1.54, 1.807) is 13.2 Å². The lowest BCUT2D eigenvalue weighted by molar-refractivity contribution is -0.122. The van der Waals surface area contributed by atoms with Gasteiger partial charge in [-0.05, 0) is 38.0 Å². The molecule has 0 bridgehead atoms. The number of carbonyl (C=O) groups is 1. The van der Waals surface area contributed by atoms with Crippen LogP contribution in [0.15, 0.2) is 47.4 Å². The molecule has 34 heavy (non-hydrogen) atoms. The predicted octanol–water partition coefficient (Wildman–Crippen LogP) is 3.91. The van der Waals surface area contributed by atoms with Crippen LogP contribution in [0.4, 0.5) is 0 Å². The first-order chi connectivity index (χ1) is 16.3. The van der Waals surface area contributed by atoms with E-state index in [4.69, 9.17) is 14.2 Å². The molecule has 2 aromatic carbocycles. The summed E-state index contributed by atoms with van der Waals surface area (Å²) in [4.78, 5) is 13.1. The molecule has 1 aliphatic carbocycles. The largest absolute Gasteiger partial charge is 0.496 e. The van der Waals surface area contributed by atoms with Gasteiger partial charge >= 0.3 is 0 Å². The smallest absolute Gasteiger partial charge is 0.243 e. The van der Waals surface area contributed by atoms with E-state index in [0.717, 1.165) is 37.7 Å². The Hall–Kier alpha value is -2.78. The van der Waals surface area contributed by atoms with E-state index in [9.17, 15) is 13.2 Å². The number of amides is 1. The van der Waals surface area contributed by atoms with Gasteiger partial charge in [-0.1, -0.05) is 37.5 Å². The Labute approximate surface area is 202 Å². The number of hydrogen-bond acceptors (Lipinski definition) is 6. The zero-order chi connectivity index (χ0) is 24.7. The van der Waals surface area contributed by atoms with Gasteiger partial charge in [0.05, 0.1) is 38.8 Å². The van der Waals surface area contributed by atoms with E-state index >= 15 is 0 Å². The molecule has 186 valence electrons. The molecule has 0 radical (unpaired) electrons. The number of nitrogens with zero attached hydrogens (tertiary/aromatic N) is 1. The molecule has 0 aromatic heterocycles. The average Bonchev–Trinajstić information content (AvgIpc) is 2.87. The van der Waals surface area contributed by atoms with E-state index in [1.807, 2.05) is 31.2 Å². The summed E-state index contributed by atoms with van der Waals surface area (Å²) < 4.78 is 44.7. The Balaban J connectivity index is 1.86. The molecule has 1 aliphatic rings. The minimum Gasteiger partial charge on any atom is -0.496 e. The normalized spacial score (nSPS) is 15.6. The summed E-state index contributed by atoms with van der Waals surface area (Å²) in [5.74, 6) is 1.06. The molecular formula is C25H34N2O6S. The molecule has 0 saturated heterocycles. The van der Waals surface area contributed by atoms with Crippen LogP contribution in [0.3, 0.4) is 0 Å². The fourth-order valence-electron chi connectivity index (χ4n) is 4.42. The Morgan fingerprint density at radius 3 is 2.26 bits per heavy atom. The van der Waals surface area contributed by atoms with Crippen LogP contribution in [-0.4, -0.2) is 52.5 Å². The molecule has 1 amide bonds. The maximum absolute atomic E-state index is 13.7. The van der Waals surface area contributed by atoms with Crippen molar-refractivity contribution < 1.29 is 27.4 Å². The summed E-state index contributed by atoms with van der Waals surface area (Å²) in [5.41, 5.74) is 0.824. The minimum absolute atomic E-state index is 0.0706. The lowest BCUT2D eigenvalue weighted by atomic mass is 9.95. The third kappa shape index (κ3) is 5.82. The highest BCUT2D eigenvalue weighted by Crippen LogP contribution is 2.33. The van der Waals surface area contributed by atoms with Gasteiger partial charge in [0.15, 0.2) is 11.5 Å². The quantitative estimate of drug-likeness (QED) is 0.543. The third-order valence-corrected chi connectivity index (χ3v) is 8.12. The molecule has 9 heteroatoms. The number of ether oxygens (including phenoxy) is 3. The van der Waals surface area contributed by atoms with Crippen LogP contribution in [0.1, 0.15) is 50.6 Å². The fraction of sp³-hybridized carbons (Fsp3) is 0.480. The van der Waals surface area contributed by atoms with Crippen molar-refractivity contribution in [2.45, 2.75) is 56.0 Å². The fourth-order valence-corrected chi connectivity index (χ4v) is 6.08. The highest BCUT2D eigenvalue weighted by atomic mass is 32.2.